The van der Waals surface area contributed by atoms with E-state index in [9.17, 15) is 9.59 Å². The minimum absolute atomic E-state index is 0.0133. The number of nitrogens with one attached hydrogen (secondary N) is 2. The van der Waals surface area contributed by atoms with Gasteiger partial charge in [0.2, 0.25) is 5.91 Å². The number of aryl methyl sites for hydroxylation is 1. The molecule has 0 atom stereocenters. The lowest BCUT2D eigenvalue weighted by molar-refractivity contribution is -0.135. The van der Waals surface area contributed by atoms with Crippen LogP contribution >= 0.6 is 0 Å². The van der Waals surface area contributed by atoms with Crippen molar-refractivity contribution in [2.45, 2.75) is 44.4 Å². The maximum atomic E-state index is 13.2. The Morgan fingerprint density at radius 2 is 1.90 bits per heavy atom. The molecule has 2 fully saturated rings. The van der Waals surface area contributed by atoms with Gasteiger partial charge in [0.15, 0.2) is 0 Å². The van der Waals surface area contributed by atoms with Crippen molar-refractivity contribution < 1.29 is 14.3 Å². The lowest BCUT2D eigenvalue weighted by atomic mass is 9.80. The predicted molar refractivity (Wildman–Crippen MR) is 119 cm³/mol. The topological polar surface area (TPSA) is 74.4 Å². The third-order valence-corrected chi connectivity index (χ3v) is 6.62. The summed E-state index contributed by atoms with van der Waals surface area (Å²) < 4.78 is 6.42. The molecule has 1 aromatic heterocycles. The van der Waals surface area contributed by atoms with Gasteiger partial charge in [0, 0.05) is 42.7 Å². The summed E-state index contributed by atoms with van der Waals surface area (Å²) >= 11 is 0. The number of carbonyl (C=O) groups excluding carboxylic acids is 2. The van der Waals surface area contributed by atoms with Crippen molar-refractivity contribution in [1.29, 1.82) is 0 Å². The fraction of sp³-hybridized carbons (Fsp3) is 0.360. The maximum Gasteiger partial charge on any atom is 0.254 e. The third kappa shape index (κ3) is 3.41. The van der Waals surface area contributed by atoms with Crippen molar-refractivity contribution in [3.8, 4) is 0 Å². The van der Waals surface area contributed by atoms with E-state index in [4.69, 9.17) is 4.74 Å². The van der Waals surface area contributed by atoms with E-state index in [1.807, 2.05) is 41.4 Å². The Hall–Kier alpha value is -3.12. The van der Waals surface area contributed by atoms with E-state index >= 15 is 0 Å². The molecule has 2 aliphatic rings. The summed E-state index contributed by atoms with van der Waals surface area (Å²) in [7, 11) is 0. The van der Waals surface area contributed by atoms with Crippen LogP contribution in [0.3, 0.4) is 0 Å². The van der Waals surface area contributed by atoms with E-state index in [0.29, 0.717) is 25.3 Å². The monoisotopic (exact) mass is 417 g/mol. The molecule has 6 nitrogen and oxygen atoms in total. The molecule has 5 rings (SSSR count). The molecule has 1 aliphatic heterocycles. The number of rotatable bonds is 6. The number of aromatic nitrogens is 1. The fourth-order valence-corrected chi connectivity index (χ4v) is 4.91. The number of benzene rings is 2. The normalized spacial score (nSPS) is 18.5. The molecule has 31 heavy (non-hydrogen) atoms. The smallest absolute Gasteiger partial charge is 0.254 e. The van der Waals surface area contributed by atoms with Crippen LogP contribution in [-0.4, -0.2) is 45.9 Å². The van der Waals surface area contributed by atoms with Gasteiger partial charge in [-0.05, 0) is 43.5 Å². The molecular formula is C25H27N3O3. The summed E-state index contributed by atoms with van der Waals surface area (Å²) in [6.07, 6.45) is 3.61. The Morgan fingerprint density at radius 1 is 1.13 bits per heavy atom. The Morgan fingerprint density at radius 3 is 2.61 bits per heavy atom. The Labute approximate surface area is 181 Å². The van der Waals surface area contributed by atoms with Gasteiger partial charge in [-0.2, -0.15) is 0 Å². The highest BCUT2D eigenvalue weighted by Crippen LogP contribution is 2.52. The lowest BCUT2D eigenvalue weighted by Gasteiger charge is -2.54. The molecule has 2 N–H and O–H groups in total. The summed E-state index contributed by atoms with van der Waals surface area (Å²) in [5.74, 6) is -0.106. The average molecular weight is 418 g/mol. The molecule has 0 bridgehead atoms. The number of carbonyl (C=O) groups is 2. The molecule has 0 spiro atoms. The molecular weight excluding hydrogens is 390 g/mol. The van der Waals surface area contributed by atoms with E-state index in [0.717, 1.165) is 29.3 Å². The second-order valence-electron chi connectivity index (χ2n) is 8.94. The molecule has 2 heterocycles. The largest absolute Gasteiger partial charge is 0.368 e. The first-order valence-electron chi connectivity index (χ1n) is 10.8. The number of ether oxygens (including phenoxy) is 1. The molecule has 0 radical (unpaired) electrons. The Kier molecular flexibility index (Phi) is 4.63. The maximum absolute atomic E-state index is 13.2. The lowest BCUT2D eigenvalue weighted by Crippen LogP contribution is -2.77. The molecule has 2 amide bonds. The van der Waals surface area contributed by atoms with Crippen molar-refractivity contribution in [2.75, 3.05) is 13.1 Å². The molecule has 2 aromatic carbocycles. The van der Waals surface area contributed by atoms with E-state index < -0.39 is 11.1 Å². The van der Waals surface area contributed by atoms with Gasteiger partial charge in [0.1, 0.15) is 5.54 Å². The van der Waals surface area contributed by atoms with Crippen LogP contribution in [0.1, 0.15) is 41.3 Å². The van der Waals surface area contributed by atoms with E-state index in [1.54, 1.807) is 0 Å². The van der Waals surface area contributed by atoms with Crippen molar-refractivity contribution in [2.24, 2.45) is 0 Å². The van der Waals surface area contributed by atoms with Crippen LogP contribution in [0.15, 0.2) is 54.7 Å². The van der Waals surface area contributed by atoms with Gasteiger partial charge in [-0.15, -0.1) is 0 Å². The minimum atomic E-state index is -0.537. The predicted octanol–water partition coefficient (Wildman–Crippen LogP) is 3.56. The number of hydrogen-bond donors (Lipinski definition) is 2. The van der Waals surface area contributed by atoms with Gasteiger partial charge in [0.25, 0.3) is 5.91 Å². The molecule has 0 unspecified atom stereocenters. The van der Waals surface area contributed by atoms with E-state index in [-0.39, 0.29) is 11.8 Å². The van der Waals surface area contributed by atoms with Crippen LogP contribution in [0.4, 0.5) is 0 Å². The van der Waals surface area contributed by atoms with Crippen molar-refractivity contribution in [3.05, 3.63) is 71.4 Å². The van der Waals surface area contributed by atoms with Crippen LogP contribution in [0.2, 0.25) is 0 Å². The molecule has 160 valence electrons. The number of nitrogens with zero attached hydrogens (tertiary/aromatic N) is 1. The average Bonchev–Trinajstić information content (AvgIpc) is 3.35. The SMILES string of the molecule is CC(=O)NC1(C2(OCc3cccc(C)c3)CC2)CN(C(=O)c2cccc3[nH]ccc23)C1. The summed E-state index contributed by atoms with van der Waals surface area (Å²) in [6, 6.07) is 15.9. The zero-order chi connectivity index (χ0) is 21.6. The second kappa shape index (κ2) is 7.24. The van der Waals surface area contributed by atoms with E-state index in [1.165, 1.54) is 12.5 Å². The number of aromatic amines is 1. The van der Waals surface area contributed by atoms with E-state index in [2.05, 4.69) is 35.4 Å². The summed E-state index contributed by atoms with van der Waals surface area (Å²) in [6.45, 7) is 5.01. The van der Waals surface area contributed by atoms with Gasteiger partial charge in [-0.25, -0.2) is 0 Å². The molecule has 1 saturated carbocycles. The summed E-state index contributed by atoms with van der Waals surface area (Å²) in [4.78, 5) is 30.3. The molecule has 1 aliphatic carbocycles. The van der Waals surface area contributed by atoms with Crippen molar-refractivity contribution in [3.63, 3.8) is 0 Å². The van der Waals surface area contributed by atoms with Crippen LogP contribution in [-0.2, 0) is 16.1 Å². The minimum Gasteiger partial charge on any atom is -0.368 e. The van der Waals surface area contributed by atoms with Crippen LogP contribution in [0, 0.1) is 6.92 Å². The summed E-state index contributed by atoms with van der Waals surface area (Å²) in [5, 5.41) is 4.07. The third-order valence-electron chi connectivity index (χ3n) is 6.62. The van der Waals surface area contributed by atoms with Gasteiger partial charge < -0.3 is 19.9 Å². The fourth-order valence-electron chi connectivity index (χ4n) is 4.91. The second-order valence-corrected chi connectivity index (χ2v) is 8.94. The highest BCUT2D eigenvalue weighted by Gasteiger charge is 2.67. The van der Waals surface area contributed by atoms with Gasteiger partial charge in [-0.1, -0.05) is 35.9 Å². The van der Waals surface area contributed by atoms with Gasteiger partial charge in [0.05, 0.1) is 12.2 Å². The number of fused-ring (bicyclic) bond motifs is 1. The van der Waals surface area contributed by atoms with Crippen LogP contribution in [0.5, 0.6) is 0 Å². The number of H-pyrrole nitrogens is 1. The van der Waals surface area contributed by atoms with Crippen LogP contribution < -0.4 is 5.32 Å². The highest BCUT2D eigenvalue weighted by atomic mass is 16.5. The summed E-state index contributed by atoms with van der Waals surface area (Å²) in [5.41, 5.74) is 2.99. The molecule has 3 aromatic rings. The molecule has 6 heteroatoms. The number of amides is 2. The number of likely N-dealkylation sites (tertiary alicyclic amines) is 1. The first kappa shape index (κ1) is 19.8. The Balaban J connectivity index is 1.34. The zero-order valence-electron chi connectivity index (χ0n) is 17.9. The van der Waals surface area contributed by atoms with Crippen LogP contribution in [0.25, 0.3) is 10.9 Å². The zero-order valence-corrected chi connectivity index (χ0v) is 17.9. The molecule has 1 saturated heterocycles. The number of hydrogen-bond acceptors (Lipinski definition) is 3. The quantitative estimate of drug-likeness (QED) is 0.644. The Bertz CT molecular complexity index is 1160. The standard InChI is InChI=1S/C25H27N3O3/c1-17-5-3-6-19(13-17)14-31-25(10-11-25)24(27-18(2)29)15-28(16-24)23(30)21-7-4-8-22-20(21)9-12-26-22/h3-9,12-13,26H,10-11,14-16H2,1-2H3,(H,27,29). The van der Waals surface area contributed by atoms with Crippen molar-refractivity contribution >= 4 is 22.7 Å². The first-order chi connectivity index (χ1) is 14.9. The van der Waals surface area contributed by atoms with Gasteiger partial charge >= 0.3 is 0 Å². The first-order valence-corrected chi connectivity index (χ1v) is 10.8. The van der Waals surface area contributed by atoms with Gasteiger partial charge in [-0.3, -0.25) is 9.59 Å². The van der Waals surface area contributed by atoms with Crippen molar-refractivity contribution in [1.82, 2.24) is 15.2 Å². The highest BCUT2D eigenvalue weighted by molar-refractivity contribution is 6.06.